The van der Waals surface area contributed by atoms with Crippen LogP contribution in [0.25, 0.3) is 0 Å². The second-order valence-corrected chi connectivity index (χ2v) is 4.83. The van der Waals surface area contributed by atoms with E-state index < -0.39 is 5.60 Å². The van der Waals surface area contributed by atoms with Crippen molar-refractivity contribution in [3.8, 4) is 0 Å². The predicted molar refractivity (Wildman–Crippen MR) is 61.6 cm³/mol. The molecule has 5 heteroatoms. The Balaban J connectivity index is 2.08. The Kier molecular flexibility index (Phi) is 2.72. The lowest BCUT2D eigenvalue weighted by molar-refractivity contribution is -0.0829. The van der Waals surface area contributed by atoms with E-state index in [-0.39, 0.29) is 5.91 Å². The fraction of sp³-hybridized carbons (Fsp3) is 0.545. The van der Waals surface area contributed by atoms with Crippen LogP contribution in [0.3, 0.4) is 0 Å². The third kappa shape index (κ3) is 1.83. The summed E-state index contributed by atoms with van der Waals surface area (Å²) in [7, 11) is 1.78. The van der Waals surface area contributed by atoms with E-state index in [2.05, 4.69) is 0 Å². The van der Waals surface area contributed by atoms with E-state index in [9.17, 15) is 9.90 Å². The first-order valence-electron chi connectivity index (χ1n) is 5.29. The van der Waals surface area contributed by atoms with Crippen LogP contribution in [0.15, 0.2) is 12.3 Å². The van der Waals surface area contributed by atoms with Gasteiger partial charge in [0.15, 0.2) is 0 Å². The zero-order valence-corrected chi connectivity index (χ0v) is 10.2. The lowest BCUT2D eigenvalue weighted by atomic mass is 9.91. The Bertz CT molecular complexity index is 422. The van der Waals surface area contributed by atoms with Crippen molar-refractivity contribution in [1.82, 2.24) is 9.47 Å². The highest BCUT2D eigenvalue weighted by Gasteiger charge is 2.42. The number of rotatable bonds is 2. The molecule has 0 aromatic carbocycles. The largest absolute Gasteiger partial charge is 0.386 e. The highest BCUT2D eigenvalue weighted by molar-refractivity contribution is 6.31. The number of carbonyl (C=O) groups is 1. The SMILES string of the molecule is CCC1(O)CN(C(=O)c2cc(Cl)cn2C)C1. The van der Waals surface area contributed by atoms with Crippen LogP contribution >= 0.6 is 11.6 Å². The number of amides is 1. The molecule has 0 spiro atoms. The fourth-order valence-electron chi connectivity index (χ4n) is 1.93. The average molecular weight is 243 g/mol. The minimum atomic E-state index is -0.690. The van der Waals surface area contributed by atoms with Gasteiger partial charge in [0.1, 0.15) is 5.69 Å². The van der Waals surface area contributed by atoms with Gasteiger partial charge in [0.05, 0.1) is 23.7 Å². The van der Waals surface area contributed by atoms with Gasteiger partial charge in [-0.05, 0) is 12.5 Å². The summed E-state index contributed by atoms with van der Waals surface area (Å²) in [5, 5.41) is 10.4. The molecule has 1 amide bonds. The van der Waals surface area contributed by atoms with Crippen LogP contribution in [0.4, 0.5) is 0 Å². The number of likely N-dealkylation sites (tertiary alicyclic amines) is 1. The minimum absolute atomic E-state index is 0.0764. The molecule has 1 aliphatic heterocycles. The van der Waals surface area contributed by atoms with E-state index in [1.807, 2.05) is 6.92 Å². The third-order valence-corrected chi connectivity index (χ3v) is 3.31. The second-order valence-electron chi connectivity index (χ2n) is 4.39. The maximum Gasteiger partial charge on any atom is 0.270 e. The van der Waals surface area contributed by atoms with Crippen LogP contribution in [0.1, 0.15) is 23.8 Å². The van der Waals surface area contributed by atoms with Gasteiger partial charge in [-0.1, -0.05) is 18.5 Å². The number of aromatic nitrogens is 1. The van der Waals surface area contributed by atoms with E-state index in [0.29, 0.717) is 30.2 Å². The summed E-state index contributed by atoms with van der Waals surface area (Å²) in [6, 6.07) is 1.65. The highest BCUT2D eigenvalue weighted by Crippen LogP contribution is 2.26. The number of aliphatic hydroxyl groups is 1. The van der Waals surface area contributed by atoms with Crippen molar-refractivity contribution in [2.45, 2.75) is 18.9 Å². The first kappa shape index (κ1) is 11.5. The van der Waals surface area contributed by atoms with Gasteiger partial charge in [-0.25, -0.2) is 0 Å². The van der Waals surface area contributed by atoms with Crippen molar-refractivity contribution in [3.05, 3.63) is 23.0 Å². The molecule has 0 aliphatic carbocycles. The molecular weight excluding hydrogens is 228 g/mol. The fourth-order valence-corrected chi connectivity index (χ4v) is 2.18. The van der Waals surface area contributed by atoms with Gasteiger partial charge in [0.25, 0.3) is 5.91 Å². The Morgan fingerprint density at radius 3 is 2.69 bits per heavy atom. The molecule has 2 rings (SSSR count). The zero-order chi connectivity index (χ0) is 11.9. The molecule has 0 atom stereocenters. The van der Waals surface area contributed by atoms with Crippen LogP contribution in [-0.4, -0.2) is 39.2 Å². The molecule has 1 saturated heterocycles. The van der Waals surface area contributed by atoms with E-state index >= 15 is 0 Å². The molecule has 1 aliphatic rings. The molecule has 16 heavy (non-hydrogen) atoms. The van der Waals surface area contributed by atoms with Crippen molar-refractivity contribution in [3.63, 3.8) is 0 Å². The second kappa shape index (κ2) is 3.79. The number of aryl methyl sites for hydroxylation is 1. The van der Waals surface area contributed by atoms with Crippen LogP contribution < -0.4 is 0 Å². The molecule has 0 bridgehead atoms. The maximum atomic E-state index is 12.0. The number of halogens is 1. The van der Waals surface area contributed by atoms with Gasteiger partial charge in [-0.2, -0.15) is 0 Å². The van der Waals surface area contributed by atoms with Gasteiger partial charge < -0.3 is 14.6 Å². The van der Waals surface area contributed by atoms with Gasteiger partial charge in [0.2, 0.25) is 0 Å². The smallest absolute Gasteiger partial charge is 0.270 e. The van der Waals surface area contributed by atoms with Gasteiger partial charge >= 0.3 is 0 Å². The number of hydrogen-bond donors (Lipinski definition) is 1. The quantitative estimate of drug-likeness (QED) is 0.849. The van der Waals surface area contributed by atoms with Crippen molar-refractivity contribution < 1.29 is 9.90 Å². The van der Waals surface area contributed by atoms with Crippen molar-refractivity contribution >= 4 is 17.5 Å². The van der Waals surface area contributed by atoms with Crippen LogP contribution in [0, 0.1) is 0 Å². The summed E-state index contributed by atoms with van der Waals surface area (Å²) in [5.74, 6) is -0.0764. The summed E-state index contributed by atoms with van der Waals surface area (Å²) >= 11 is 5.82. The van der Waals surface area contributed by atoms with E-state index in [4.69, 9.17) is 11.6 Å². The minimum Gasteiger partial charge on any atom is -0.386 e. The number of hydrogen-bond acceptors (Lipinski definition) is 2. The normalized spacial score (nSPS) is 18.4. The van der Waals surface area contributed by atoms with Gasteiger partial charge in [-0.15, -0.1) is 0 Å². The standard InChI is InChI=1S/C11H15ClN2O2/c1-3-11(16)6-14(7-11)10(15)9-4-8(12)5-13(9)2/h4-5,16H,3,6-7H2,1-2H3. The van der Waals surface area contributed by atoms with Crippen molar-refractivity contribution in [1.29, 1.82) is 0 Å². The van der Waals surface area contributed by atoms with Crippen LogP contribution in [-0.2, 0) is 7.05 Å². The molecule has 0 saturated carbocycles. The third-order valence-electron chi connectivity index (χ3n) is 3.11. The lowest BCUT2D eigenvalue weighted by Crippen LogP contribution is -2.63. The Morgan fingerprint density at radius 2 is 2.25 bits per heavy atom. The predicted octanol–water partition coefficient (Wildman–Crippen LogP) is 1.28. The number of carbonyl (C=O) groups excluding carboxylic acids is 1. The van der Waals surface area contributed by atoms with E-state index in [1.165, 1.54) is 0 Å². The first-order chi connectivity index (χ1) is 7.45. The maximum absolute atomic E-state index is 12.0. The molecule has 88 valence electrons. The van der Waals surface area contributed by atoms with E-state index in [1.54, 1.807) is 28.8 Å². The summed E-state index contributed by atoms with van der Waals surface area (Å²) in [5.41, 5.74) is -0.131. The summed E-state index contributed by atoms with van der Waals surface area (Å²) < 4.78 is 1.70. The Hall–Kier alpha value is -1.00. The molecule has 1 N–H and O–H groups in total. The highest BCUT2D eigenvalue weighted by atomic mass is 35.5. The van der Waals surface area contributed by atoms with Crippen LogP contribution in [0.2, 0.25) is 5.02 Å². The molecule has 2 heterocycles. The molecule has 0 unspecified atom stereocenters. The number of nitrogens with zero attached hydrogens (tertiary/aromatic N) is 2. The van der Waals surface area contributed by atoms with Gasteiger partial charge in [-0.3, -0.25) is 4.79 Å². The van der Waals surface area contributed by atoms with Crippen molar-refractivity contribution in [2.24, 2.45) is 7.05 Å². The molecular formula is C11H15ClN2O2. The zero-order valence-electron chi connectivity index (χ0n) is 9.40. The monoisotopic (exact) mass is 242 g/mol. The molecule has 1 aromatic heterocycles. The Labute approximate surface area is 99.4 Å². The topological polar surface area (TPSA) is 45.5 Å². The average Bonchev–Trinajstić information content (AvgIpc) is 2.52. The number of β-amino-alcohol motifs (C(OH)–C–C–N with tert-alkyl or cyclic N) is 1. The van der Waals surface area contributed by atoms with Gasteiger partial charge in [0, 0.05) is 13.2 Å². The molecule has 1 aromatic rings. The Morgan fingerprint density at radius 1 is 1.62 bits per heavy atom. The summed E-state index contributed by atoms with van der Waals surface area (Å²) in [4.78, 5) is 13.6. The molecule has 0 radical (unpaired) electrons. The summed E-state index contributed by atoms with van der Waals surface area (Å²) in [6.45, 7) is 2.73. The molecule has 4 nitrogen and oxygen atoms in total. The summed E-state index contributed by atoms with van der Waals surface area (Å²) in [6.07, 6.45) is 2.37. The first-order valence-corrected chi connectivity index (χ1v) is 5.66. The lowest BCUT2D eigenvalue weighted by Gasteiger charge is -2.46. The molecule has 1 fully saturated rings. The van der Waals surface area contributed by atoms with E-state index in [0.717, 1.165) is 0 Å². The van der Waals surface area contributed by atoms with Crippen LogP contribution in [0.5, 0.6) is 0 Å². The van der Waals surface area contributed by atoms with Crippen molar-refractivity contribution in [2.75, 3.05) is 13.1 Å².